The Kier molecular flexibility index (Phi) is 5.12. The third-order valence-corrected chi connectivity index (χ3v) is 2.80. The van der Waals surface area contributed by atoms with Gasteiger partial charge < -0.3 is 9.47 Å². The molecule has 0 bridgehead atoms. The van der Waals surface area contributed by atoms with Crippen molar-refractivity contribution in [1.82, 2.24) is 0 Å². The molecule has 0 aromatic heterocycles. The molecule has 1 aromatic carbocycles. The summed E-state index contributed by atoms with van der Waals surface area (Å²) in [5, 5.41) is 0. The summed E-state index contributed by atoms with van der Waals surface area (Å²) >= 11 is 3.36. The average Bonchev–Trinajstić information content (AvgIpc) is 2.35. The normalized spacial score (nSPS) is 11.1. The maximum Gasteiger partial charge on any atom is 0.126 e. The first kappa shape index (κ1) is 12.8. The van der Waals surface area contributed by atoms with Crippen LogP contribution in [0.2, 0.25) is 0 Å². The van der Waals surface area contributed by atoms with Crippen LogP contribution in [0, 0.1) is 0 Å². The molecule has 1 aromatic rings. The standard InChI is InChI=1S/C13H15BrO2/c1-4-5-10(9-14)12-8-11(15-2)6-7-13(12)16-3/h4,6-9H,1,5H2,2-3H3/b10-9-. The van der Waals surface area contributed by atoms with Gasteiger partial charge in [-0.05, 0) is 35.2 Å². The third-order valence-electron chi connectivity index (χ3n) is 2.25. The highest BCUT2D eigenvalue weighted by Crippen LogP contribution is 2.32. The van der Waals surface area contributed by atoms with Gasteiger partial charge in [0.2, 0.25) is 0 Å². The summed E-state index contributed by atoms with van der Waals surface area (Å²) in [5.41, 5.74) is 2.12. The Bertz CT molecular complexity index is 397. The highest BCUT2D eigenvalue weighted by Gasteiger charge is 2.08. The summed E-state index contributed by atoms with van der Waals surface area (Å²) in [5.74, 6) is 1.64. The molecule has 0 saturated carbocycles. The van der Waals surface area contributed by atoms with Gasteiger partial charge in [-0.1, -0.05) is 22.0 Å². The van der Waals surface area contributed by atoms with Crippen LogP contribution in [0.25, 0.3) is 5.57 Å². The van der Waals surface area contributed by atoms with Crippen molar-refractivity contribution in [3.05, 3.63) is 41.4 Å². The fourth-order valence-electron chi connectivity index (χ4n) is 1.43. The summed E-state index contributed by atoms with van der Waals surface area (Å²) in [4.78, 5) is 1.88. The van der Waals surface area contributed by atoms with Crippen LogP contribution in [-0.4, -0.2) is 14.2 Å². The van der Waals surface area contributed by atoms with E-state index in [0.717, 1.165) is 29.1 Å². The van der Waals surface area contributed by atoms with Gasteiger partial charge in [0.1, 0.15) is 11.5 Å². The lowest BCUT2D eigenvalue weighted by molar-refractivity contribution is 0.402. The van der Waals surface area contributed by atoms with E-state index in [4.69, 9.17) is 9.47 Å². The maximum absolute atomic E-state index is 5.32. The van der Waals surface area contributed by atoms with Crippen LogP contribution >= 0.6 is 15.9 Å². The van der Waals surface area contributed by atoms with Crippen molar-refractivity contribution in [3.63, 3.8) is 0 Å². The number of rotatable bonds is 5. The molecule has 86 valence electrons. The zero-order chi connectivity index (χ0) is 12.0. The van der Waals surface area contributed by atoms with Gasteiger partial charge in [-0.2, -0.15) is 0 Å². The fraction of sp³-hybridized carbons (Fsp3) is 0.231. The van der Waals surface area contributed by atoms with E-state index in [1.807, 2.05) is 29.3 Å². The predicted molar refractivity (Wildman–Crippen MR) is 71.3 cm³/mol. The zero-order valence-electron chi connectivity index (χ0n) is 9.50. The maximum atomic E-state index is 5.32. The van der Waals surface area contributed by atoms with E-state index in [2.05, 4.69) is 22.5 Å². The van der Waals surface area contributed by atoms with Crippen LogP contribution in [-0.2, 0) is 0 Å². The molecule has 0 aliphatic carbocycles. The number of hydrogen-bond donors (Lipinski definition) is 0. The van der Waals surface area contributed by atoms with Crippen molar-refractivity contribution in [3.8, 4) is 11.5 Å². The molecule has 0 saturated heterocycles. The Morgan fingerprint density at radius 3 is 2.62 bits per heavy atom. The lowest BCUT2D eigenvalue weighted by Gasteiger charge is -2.12. The molecule has 0 aliphatic rings. The summed E-state index contributed by atoms with van der Waals surface area (Å²) in [6.45, 7) is 3.74. The highest BCUT2D eigenvalue weighted by molar-refractivity contribution is 9.11. The van der Waals surface area contributed by atoms with Gasteiger partial charge in [-0.15, -0.1) is 6.58 Å². The summed E-state index contributed by atoms with van der Waals surface area (Å²) in [6, 6.07) is 5.73. The lowest BCUT2D eigenvalue weighted by Crippen LogP contribution is -1.93. The van der Waals surface area contributed by atoms with Crippen LogP contribution in [0.15, 0.2) is 35.8 Å². The van der Waals surface area contributed by atoms with E-state index in [-0.39, 0.29) is 0 Å². The Balaban J connectivity index is 3.21. The van der Waals surface area contributed by atoms with Crippen LogP contribution < -0.4 is 9.47 Å². The van der Waals surface area contributed by atoms with Gasteiger partial charge in [0, 0.05) is 5.56 Å². The Morgan fingerprint density at radius 2 is 2.12 bits per heavy atom. The Morgan fingerprint density at radius 1 is 1.38 bits per heavy atom. The molecule has 16 heavy (non-hydrogen) atoms. The molecule has 1 rings (SSSR count). The minimum absolute atomic E-state index is 0.773. The summed E-state index contributed by atoms with van der Waals surface area (Å²) in [6.07, 6.45) is 2.63. The largest absolute Gasteiger partial charge is 0.497 e. The molecule has 0 heterocycles. The lowest BCUT2D eigenvalue weighted by atomic mass is 10.0. The first-order chi connectivity index (χ1) is 7.76. The molecular weight excluding hydrogens is 268 g/mol. The minimum atomic E-state index is 0.773. The second-order valence-electron chi connectivity index (χ2n) is 3.19. The molecule has 0 amide bonds. The number of hydrogen-bond acceptors (Lipinski definition) is 2. The molecule has 0 atom stereocenters. The van der Waals surface area contributed by atoms with Crippen molar-refractivity contribution in [2.45, 2.75) is 6.42 Å². The summed E-state index contributed by atoms with van der Waals surface area (Å²) < 4.78 is 10.5. The molecule has 2 nitrogen and oxygen atoms in total. The van der Waals surface area contributed by atoms with E-state index >= 15 is 0 Å². The van der Waals surface area contributed by atoms with E-state index in [1.165, 1.54) is 0 Å². The SMILES string of the molecule is C=CC/C(=C/Br)c1cc(OC)ccc1OC. The molecule has 0 aliphatic heterocycles. The van der Waals surface area contributed by atoms with E-state index in [0.29, 0.717) is 0 Å². The number of allylic oxidation sites excluding steroid dienone is 2. The van der Waals surface area contributed by atoms with E-state index in [1.54, 1.807) is 14.2 Å². The van der Waals surface area contributed by atoms with Crippen molar-refractivity contribution < 1.29 is 9.47 Å². The van der Waals surface area contributed by atoms with Gasteiger partial charge in [0.05, 0.1) is 14.2 Å². The van der Waals surface area contributed by atoms with Gasteiger partial charge >= 0.3 is 0 Å². The first-order valence-electron chi connectivity index (χ1n) is 4.89. The zero-order valence-corrected chi connectivity index (χ0v) is 11.1. The Hall–Kier alpha value is -1.22. The van der Waals surface area contributed by atoms with E-state index < -0.39 is 0 Å². The number of methoxy groups -OCH3 is 2. The van der Waals surface area contributed by atoms with Gasteiger partial charge in [-0.25, -0.2) is 0 Å². The Labute approximate surface area is 105 Å². The number of benzene rings is 1. The quantitative estimate of drug-likeness (QED) is 0.760. The van der Waals surface area contributed by atoms with Crippen LogP contribution in [0.3, 0.4) is 0 Å². The second-order valence-corrected chi connectivity index (χ2v) is 3.65. The van der Waals surface area contributed by atoms with Crippen molar-refractivity contribution in [2.24, 2.45) is 0 Å². The minimum Gasteiger partial charge on any atom is -0.497 e. The van der Waals surface area contributed by atoms with Gasteiger partial charge in [0.15, 0.2) is 0 Å². The van der Waals surface area contributed by atoms with Crippen LogP contribution in [0.1, 0.15) is 12.0 Å². The van der Waals surface area contributed by atoms with E-state index in [9.17, 15) is 0 Å². The topological polar surface area (TPSA) is 18.5 Å². The fourth-order valence-corrected chi connectivity index (χ4v) is 1.87. The van der Waals surface area contributed by atoms with Crippen LogP contribution in [0.5, 0.6) is 11.5 Å². The third kappa shape index (κ3) is 2.89. The smallest absolute Gasteiger partial charge is 0.126 e. The van der Waals surface area contributed by atoms with Gasteiger partial charge in [-0.3, -0.25) is 0 Å². The molecule has 0 radical (unpaired) electrons. The molecular formula is C13H15BrO2. The molecule has 0 fully saturated rings. The summed E-state index contributed by atoms with van der Waals surface area (Å²) in [7, 11) is 3.31. The van der Waals surface area contributed by atoms with Crippen molar-refractivity contribution >= 4 is 21.5 Å². The second kappa shape index (κ2) is 6.38. The number of ether oxygens (including phenoxy) is 2. The van der Waals surface area contributed by atoms with Crippen molar-refractivity contribution in [2.75, 3.05) is 14.2 Å². The monoisotopic (exact) mass is 282 g/mol. The first-order valence-corrected chi connectivity index (χ1v) is 5.81. The van der Waals surface area contributed by atoms with Crippen LogP contribution in [0.4, 0.5) is 0 Å². The predicted octanol–water partition coefficient (Wildman–Crippen LogP) is 4.02. The number of halogens is 1. The molecule has 0 spiro atoms. The molecule has 3 heteroatoms. The van der Waals surface area contributed by atoms with Gasteiger partial charge in [0.25, 0.3) is 0 Å². The highest BCUT2D eigenvalue weighted by atomic mass is 79.9. The average molecular weight is 283 g/mol. The van der Waals surface area contributed by atoms with Crippen molar-refractivity contribution in [1.29, 1.82) is 0 Å². The molecule has 0 N–H and O–H groups in total. The molecule has 0 unspecified atom stereocenters.